The fourth-order valence-electron chi connectivity index (χ4n) is 2.91. The van der Waals surface area contributed by atoms with Gasteiger partial charge in [0.2, 0.25) is 11.8 Å². The first-order chi connectivity index (χ1) is 9.25. The van der Waals surface area contributed by atoms with Crippen LogP contribution in [0.2, 0.25) is 0 Å². The van der Waals surface area contributed by atoms with Gasteiger partial charge in [-0.1, -0.05) is 25.0 Å². The quantitative estimate of drug-likeness (QED) is 0.567. The molecule has 0 aromatic carbocycles. The zero-order valence-corrected chi connectivity index (χ0v) is 11.5. The van der Waals surface area contributed by atoms with Gasteiger partial charge in [-0.05, 0) is 31.6 Å². The molecule has 2 aliphatic rings. The standard InChI is InChI=1S/C15H24N2O2/c18-14(11-12-5-1-2-6-12)16-9-10-17-15(19)13-7-3-4-8-13/h3-4,12-13H,1-2,5-11H2,(H,16,18)(H,17,19). The van der Waals surface area contributed by atoms with E-state index in [9.17, 15) is 9.59 Å². The number of amides is 2. The summed E-state index contributed by atoms with van der Waals surface area (Å²) in [5.41, 5.74) is 0. The normalized spacial score (nSPS) is 19.8. The lowest BCUT2D eigenvalue weighted by molar-refractivity contribution is -0.125. The van der Waals surface area contributed by atoms with Crippen LogP contribution in [0.1, 0.15) is 44.9 Å². The zero-order valence-electron chi connectivity index (χ0n) is 11.5. The smallest absolute Gasteiger partial charge is 0.223 e. The Morgan fingerprint density at radius 3 is 2.32 bits per heavy atom. The van der Waals surface area contributed by atoms with E-state index < -0.39 is 0 Å². The summed E-state index contributed by atoms with van der Waals surface area (Å²) >= 11 is 0. The second-order valence-electron chi connectivity index (χ2n) is 5.64. The van der Waals surface area contributed by atoms with E-state index in [0.29, 0.717) is 25.4 Å². The van der Waals surface area contributed by atoms with Crippen molar-refractivity contribution in [2.24, 2.45) is 11.8 Å². The van der Waals surface area contributed by atoms with E-state index in [4.69, 9.17) is 0 Å². The fraction of sp³-hybridized carbons (Fsp3) is 0.733. The van der Waals surface area contributed by atoms with Gasteiger partial charge >= 0.3 is 0 Å². The molecule has 0 aliphatic heterocycles. The van der Waals surface area contributed by atoms with Crippen molar-refractivity contribution in [2.45, 2.75) is 44.9 Å². The van der Waals surface area contributed by atoms with Crippen molar-refractivity contribution >= 4 is 11.8 Å². The molecule has 106 valence electrons. The van der Waals surface area contributed by atoms with Crippen molar-refractivity contribution in [3.63, 3.8) is 0 Å². The minimum Gasteiger partial charge on any atom is -0.354 e. The van der Waals surface area contributed by atoms with Crippen LogP contribution in [-0.2, 0) is 9.59 Å². The van der Waals surface area contributed by atoms with Crippen molar-refractivity contribution in [2.75, 3.05) is 13.1 Å². The second-order valence-corrected chi connectivity index (χ2v) is 5.64. The molecule has 0 aromatic heterocycles. The van der Waals surface area contributed by atoms with Gasteiger partial charge in [0, 0.05) is 25.4 Å². The topological polar surface area (TPSA) is 58.2 Å². The molecule has 4 nitrogen and oxygen atoms in total. The first-order valence-corrected chi connectivity index (χ1v) is 7.45. The van der Waals surface area contributed by atoms with Crippen LogP contribution < -0.4 is 10.6 Å². The molecule has 2 amide bonds. The van der Waals surface area contributed by atoms with Crippen molar-refractivity contribution in [1.82, 2.24) is 10.6 Å². The number of hydrogen-bond acceptors (Lipinski definition) is 2. The molecule has 19 heavy (non-hydrogen) atoms. The first kappa shape index (κ1) is 14.1. The van der Waals surface area contributed by atoms with E-state index in [1.54, 1.807) is 0 Å². The van der Waals surface area contributed by atoms with Crippen molar-refractivity contribution in [3.8, 4) is 0 Å². The molecular weight excluding hydrogens is 240 g/mol. The Morgan fingerprint density at radius 2 is 1.63 bits per heavy atom. The van der Waals surface area contributed by atoms with E-state index in [1.807, 2.05) is 12.2 Å². The molecule has 2 aliphatic carbocycles. The van der Waals surface area contributed by atoms with Gasteiger partial charge in [-0.3, -0.25) is 9.59 Å². The van der Waals surface area contributed by atoms with Gasteiger partial charge in [0.1, 0.15) is 0 Å². The Bertz CT molecular complexity index is 338. The Hall–Kier alpha value is -1.32. The zero-order chi connectivity index (χ0) is 13.5. The summed E-state index contributed by atoms with van der Waals surface area (Å²) in [4.78, 5) is 23.4. The SMILES string of the molecule is O=C(CC1CCCC1)NCCNC(=O)C1CC=CC1. The van der Waals surface area contributed by atoms with E-state index in [1.165, 1.54) is 25.7 Å². The number of carbonyl (C=O) groups excluding carboxylic acids is 2. The highest BCUT2D eigenvalue weighted by atomic mass is 16.2. The lowest BCUT2D eigenvalue weighted by Crippen LogP contribution is -2.37. The average Bonchev–Trinajstić information content (AvgIpc) is 3.06. The van der Waals surface area contributed by atoms with Gasteiger partial charge in [0.15, 0.2) is 0 Å². The highest BCUT2D eigenvalue weighted by Gasteiger charge is 2.19. The highest BCUT2D eigenvalue weighted by Crippen LogP contribution is 2.27. The van der Waals surface area contributed by atoms with Crippen LogP contribution in [0.15, 0.2) is 12.2 Å². The molecule has 0 bridgehead atoms. The minimum absolute atomic E-state index is 0.106. The molecule has 1 saturated carbocycles. The van der Waals surface area contributed by atoms with Crippen molar-refractivity contribution in [1.29, 1.82) is 0 Å². The molecule has 1 fully saturated rings. The van der Waals surface area contributed by atoms with Crippen LogP contribution in [-0.4, -0.2) is 24.9 Å². The third-order valence-corrected chi connectivity index (χ3v) is 4.07. The summed E-state index contributed by atoms with van der Waals surface area (Å²) in [5.74, 6) is 0.923. The van der Waals surface area contributed by atoms with E-state index in [0.717, 1.165) is 12.8 Å². The summed E-state index contributed by atoms with van der Waals surface area (Å²) < 4.78 is 0. The molecule has 0 atom stereocenters. The summed E-state index contributed by atoms with van der Waals surface area (Å²) in [5, 5.41) is 5.77. The van der Waals surface area contributed by atoms with Crippen LogP contribution in [0.3, 0.4) is 0 Å². The molecule has 2 N–H and O–H groups in total. The largest absolute Gasteiger partial charge is 0.354 e. The van der Waals surface area contributed by atoms with E-state index in [2.05, 4.69) is 10.6 Å². The van der Waals surface area contributed by atoms with Crippen LogP contribution in [0.25, 0.3) is 0 Å². The fourth-order valence-corrected chi connectivity index (χ4v) is 2.91. The predicted octanol–water partition coefficient (Wildman–Crippen LogP) is 1.77. The van der Waals surface area contributed by atoms with Gasteiger partial charge in [-0.25, -0.2) is 0 Å². The van der Waals surface area contributed by atoms with Crippen molar-refractivity contribution < 1.29 is 9.59 Å². The third-order valence-electron chi connectivity index (χ3n) is 4.07. The Morgan fingerprint density at radius 1 is 1.00 bits per heavy atom. The van der Waals surface area contributed by atoms with Crippen LogP contribution in [0.5, 0.6) is 0 Å². The molecule has 0 aromatic rings. The Balaban J connectivity index is 1.51. The van der Waals surface area contributed by atoms with E-state index in [-0.39, 0.29) is 17.7 Å². The maximum absolute atomic E-state index is 11.7. The molecule has 0 spiro atoms. The van der Waals surface area contributed by atoms with Crippen molar-refractivity contribution in [3.05, 3.63) is 12.2 Å². The monoisotopic (exact) mass is 264 g/mol. The molecule has 0 radical (unpaired) electrons. The number of rotatable bonds is 6. The first-order valence-electron chi connectivity index (χ1n) is 7.45. The lowest BCUT2D eigenvalue weighted by atomic mass is 10.0. The Labute approximate surface area is 115 Å². The molecule has 0 unspecified atom stereocenters. The van der Waals surface area contributed by atoms with Crippen LogP contribution >= 0.6 is 0 Å². The second kappa shape index (κ2) is 7.31. The maximum atomic E-state index is 11.7. The maximum Gasteiger partial charge on any atom is 0.223 e. The van der Waals surface area contributed by atoms with Gasteiger partial charge < -0.3 is 10.6 Å². The highest BCUT2D eigenvalue weighted by molar-refractivity contribution is 5.79. The van der Waals surface area contributed by atoms with E-state index >= 15 is 0 Å². The number of allylic oxidation sites excluding steroid dienone is 2. The predicted molar refractivity (Wildman–Crippen MR) is 74.5 cm³/mol. The van der Waals surface area contributed by atoms with Gasteiger partial charge in [0.05, 0.1) is 0 Å². The summed E-state index contributed by atoms with van der Waals surface area (Å²) in [6.07, 6.45) is 11.4. The van der Waals surface area contributed by atoms with Crippen LogP contribution in [0, 0.1) is 11.8 Å². The molecule has 2 rings (SSSR count). The van der Waals surface area contributed by atoms with Gasteiger partial charge in [-0.15, -0.1) is 0 Å². The summed E-state index contributed by atoms with van der Waals surface area (Å²) in [6, 6.07) is 0. The summed E-state index contributed by atoms with van der Waals surface area (Å²) in [6.45, 7) is 1.07. The number of nitrogens with one attached hydrogen (secondary N) is 2. The average molecular weight is 264 g/mol. The summed E-state index contributed by atoms with van der Waals surface area (Å²) in [7, 11) is 0. The molecule has 0 saturated heterocycles. The molecule has 0 heterocycles. The number of carbonyl (C=O) groups is 2. The minimum atomic E-state index is 0.106. The molecular formula is C15H24N2O2. The molecule has 4 heteroatoms. The van der Waals surface area contributed by atoms with Crippen LogP contribution in [0.4, 0.5) is 0 Å². The third kappa shape index (κ3) is 4.69. The number of hydrogen-bond donors (Lipinski definition) is 2. The van der Waals surface area contributed by atoms with Gasteiger partial charge in [-0.2, -0.15) is 0 Å². The Kier molecular flexibility index (Phi) is 5.43. The lowest BCUT2D eigenvalue weighted by Gasteiger charge is -2.12. The van der Waals surface area contributed by atoms with Gasteiger partial charge in [0.25, 0.3) is 0 Å².